The van der Waals surface area contributed by atoms with Crippen molar-refractivity contribution >= 4 is 22.9 Å². The molecule has 0 saturated heterocycles. The summed E-state index contributed by atoms with van der Waals surface area (Å²) >= 11 is 5.74. The van der Waals surface area contributed by atoms with E-state index in [0.717, 1.165) is 28.0 Å². The molecule has 176 valence electrons. The molecule has 0 aliphatic carbocycles. The Morgan fingerprint density at radius 1 is 1.06 bits per heavy atom. The molecule has 1 aliphatic heterocycles. The molecule has 2 heterocycles. The molecule has 0 spiro atoms. The predicted molar refractivity (Wildman–Crippen MR) is 136 cm³/mol. The summed E-state index contributed by atoms with van der Waals surface area (Å²) in [4.78, 5) is 6.70. The number of rotatable bonds is 6. The Morgan fingerprint density at radius 3 is 2.57 bits per heavy atom. The molecule has 1 aromatic heterocycles. The zero-order valence-corrected chi connectivity index (χ0v) is 20.1. The van der Waals surface area contributed by atoms with Crippen LogP contribution in [0.5, 0.6) is 5.75 Å². The first-order valence-corrected chi connectivity index (χ1v) is 11.5. The molecular weight excluding hydrogens is 463 g/mol. The summed E-state index contributed by atoms with van der Waals surface area (Å²) in [7, 11) is 1.62. The van der Waals surface area contributed by atoms with Gasteiger partial charge in [-0.05, 0) is 54.5 Å². The van der Waals surface area contributed by atoms with Crippen LogP contribution >= 0.6 is 12.2 Å². The molecule has 1 N–H and O–H groups in total. The summed E-state index contributed by atoms with van der Waals surface area (Å²) in [5.41, 5.74) is 4.44. The number of allylic oxidation sites excluding steroid dienone is 1. The van der Waals surface area contributed by atoms with E-state index in [2.05, 4.69) is 10.5 Å². The molecule has 1 aliphatic rings. The Hall–Kier alpha value is -4.04. The van der Waals surface area contributed by atoms with E-state index in [0.29, 0.717) is 29.1 Å². The highest BCUT2D eigenvalue weighted by molar-refractivity contribution is 7.80. The van der Waals surface area contributed by atoms with Crippen molar-refractivity contribution in [1.29, 1.82) is 0 Å². The van der Waals surface area contributed by atoms with Crippen molar-refractivity contribution < 1.29 is 13.7 Å². The average Bonchev–Trinajstić information content (AvgIpc) is 3.38. The maximum Gasteiger partial charge on any atom is 0.258 e. The molecule has 35 heavy (non-hydrogen) atoms. The van der Waals surface area contributed by atoms with Crippen LogP contribution in [0.4, 0.5) is 4.39 Å². The van der Waals surface area contributed by atoms with Gasteiger partial charge in [-0.2, -0.15) is 4.98 Å². The lowest BCUT2D eigenvalue weighted by Crippen LogP contribution is -2.45. The van der Waals surface area contributed by atoms with E-state index in [9.17, 15) is 4.39 Å². The van der Waals surface area contributed by atoms with E-state index < -0.39 is 0 Å². The average molecular weight is 487 g/mol. The molecule has 4 aromatic rings. The van der Waals surface area contributed by atoms with E-state index in [1.165, 1.54) is 12.1 Å². The van der Waals surface area contributed by atoms with Gasteiger partial charge in [-0.1, -0.05) is 59.8 Å². The van der Waals surface area contributed by atoms with Gasteiger partial charge in [0.25, 0.3) is 5.89 Å². The molecule has 0 radical (unpaired) electrons. The third kappa shape index (κ3) is 4.65. The van der Waals surface area contributed by atoms with Crippen molar-refractivity contribution in [1.82, 2.24) is 20.4 Å². The first-order chi connectivity index (χ1) is 17.0. The van der Waals surface area contributed by atoms with Gasteiger partial charge in [-0.25, -0.2) is 4.39 Å². The number of benzene rings is 3. The number of halogens is 1. The first-order valence-electron chi connectivity index (χ1n) is 11.1. The normalized spacial score (nSPS) is 15.8. The number of methoxy groups -OCH3 is 1. The van der Waals surface area contributed by atoms with Crippen molar-refractivity contribution in [2.24, 2.45) is 0 Å². The van der Waals surface area contributed by atoms with Gasteiger partial charge in [-0.3, -0.25) is 0 Å². The first kappa shape index (κ1) is 22.7. The summed E-state index contributed by atoms with van der Waals surface area (Å²) in [5, 5.41) is 8.25. The Morgan fingerprint density at radius 2 is 1.83 bits per heavy atom. The number of ether oxygens (including phenoxy) is 1. The summed E-state index contributed by atoms with van der Waals surface area (Å²) in [6, 6.07) is 23.6. The number of nitrogens with zero attached hydrogens (tertiary/aromatic N) is 3. The lowest BCUT2D eigenvalue weighted by molar-refractivity contribution is 0.396. The largest absolute Gasteiger partial charge is 0.497 e. The van der Waals surface area contributed by atoms with Gasteiger partial charge in [0.15, 0.2) is 5.11 Å². The molecule has 8 heteroatoms. The quantitative estimate of drug-likeness (QED) is 0.348. The van der Waals surface area contributed by atoms with Crippen LogP contribution in [0.2, 0.25) is 0 Å². The topological polar surface area (TPSA) is 63.4 Å². The maximum atomic E-state index is 13.4. The Bertz CT molecular complexity index is 1390. The number of hydrogen-bond donors (Lipinski definition) is 1. The van der Waals surface area contributed by atoms with Crippen molar-refractivity contribution in [2.75, 3.05) is 7.11 Å². The van der Waals surface area contributed by atoms with Crippen LogP contribution < -0.4 is 10.1 Å². The molecule has 1 atom stereocenters. The lowest BCUT2D eigenvalue weighted by atomic mass is 9.94. The van der Waals surface area contributed by atoms with Crippen molar-refractivity contribution in [2.45, 2.75) is 19.5 Å². The highest BCUT2D eigenvalue weighted by Gasteiger charge is 2.34. The maximum absolute atomic E-state index is 13.4. The fourth-order valence-electron chi connectivity index (χ4n) is 4.13. The molecule has 3 aromatic carbocycles. The molecule has 0 saturated carbocycles. The minimum atomic E-state index is -0.277. The monoisotopic (exact) mass is 486 g/mol. The zero-order chi connectivity index (χ0) is 24.4. The van der Waals surface area contributed by atoms with Crippen LogP contribution in [-0.4, -0.2) is 27.3 Å². The van der Waals surface area contributed by atoms with Gasteiger partial charge in [0, 0.05) is 17.8 Å². The molecule has 0 amide bonds. The summed E-state index contributed by atoms with van der Waals surface area (Å²) in [6.07, 6.45) is 0. The summed E-state index contributed by atoms with van der Waals surface area (Å²) in [5.74, 6) is 1.29. The molecule has 6 nitrogen and oxygen atoms in total. The number of hydrogen-bond acceptors (Lipinski definition) is 5. The molecule has 0 bridgehead atoms. The Labute approximate surface area is 208 Å². The van der Waals surface area contributed by atoms with Crippen molar-refractivity contribution in [3.63, 3.8) is 0 Å². The fraction of sp³-hybridized carbons (Fsp3) is 0.148. The molecule has 1 unspecified atom stereocenters. The Kier molecular flexibility index (Phi) is 6.29. The highest BCUT2D eigenvalue weighted by Crippen LogP contribution is 2.38. The minimum Gasteiger partial charge on any atom is -0.497 e. The van der Waals surface area contributed by atoms with Crippen LogP contribution in [0.15, 0.2) is 89.1 Å². The lowest BCUT2D eigenvalue weighted by Gasteiger charge is -2.37. The van der Waals surface area contributed by atoms with E-state index in [1.807, 2.05) is 66.4 Å². The van der Waals surface area contributed by atoms with Gasteiger partial charge in [0.1, 0.15) is 11.6 Å². The van der Waals surface area contributed by atoms with E-state index in [1.54, 1.807) is 19.2 Å². The number of thiocarbonyl (C=S) groups is 1. The smallest absolute Gasteiger partial charge is 0.258 e. The molecule has 5 rings (SSSR count). The van der Waals surface area contributed by atoms with E-state index >= 15 is 0 Å². The second-order valence-corrected chi connectivity index (χ2v) is 8.55. The summed E-state index contributed by atoms with van der Waals surface area (Å²) in [6.45, 7) is 2.46. The fourth-order valence-corrected chi connectivity index (χ4v) is 4.45. The van der Waals surface area contributed by atoms with E-state index in [-0.39, 0.29) is 11.9 Å². The van der Waals surface area contributed by atoms with Gasteiger partial charge >= 0.3 is 0 Å². The van der Waals surface area contributed by atoms with Gasteiger partial charge in [0.2, 0.25) is 5.82 Å². The van der Waals surface area contributed by atoms with Crippen molar-refractivity contribution in [3.05, 3.63) is 107 Å². The van der Waals surface area contributed by atoms with Gasteiger partial charge in [0.05, 0.1) is 18.7 Å². The molecule has 0 fully saturated rings. The third-order valence-corrected chi connectivity index (χ3v) is 6.31. The zero-order valence-electron chi connectivity index (χ0n) is 19.2. The van der Waals surface area contributed by atoms with E-state index in [4.69, 9.17) is 26.5 Å². The SMILES string of the molecule is COc1cccc(-c2noc(C3=C(C)N(Cc4ccc(F)cc4)C(=S)NC3c3ccccc3)n2)c1. The second kappa shape index (κ2) is 9.68. The van der Waals surface area contributed by atoms with Crippen LogP contribution in [0.1, 0.15) is 30.0 Å². The summed E-state index contributed by atoms with van der Waals surface area (Å²) < 4.78 is 24.6. The van der Waals surface area contributed by atoms with Crippen LogP contribution in [0.3, 0.4) is 0 Å². The second-order valence-electron chi connectivity index (χ2n) is 8.16. The minimum absolute atomic E-state index is 0.272. The van der Waals surface area contributed by atoms with Crippen molar-refractivity contribution in [3.8, 4) is 17.1 Å². The number of aromatic nitrogens is 2. The van der Waals surface area contributed by atoms with Crippen LogP contribution in [-0.2, 0) is 6.54 Å². The highest BCUT2D eigenvalue weighted by atomic mass is 32.1. The standard InChI is InChI=1S/C27H23FN4O2S/c1-17-23(26-30-25(31-34-26)20-9-6-10-22(15-20)33-2)24(19-7-4-3-5-8-19)29-27(35)32(17)16-18-11-13-21(28)14-12-18/h3-15,24H,16H2,1-2H3,(H,29,35). The number of nitrogens with one attached hydrogen (secondary N) is 1. The molecular formula is C27H23FN4O2S. The third-order valence-electron chi connectivity index (χ3n) is 5.97. The van der Waals surface area contributed by atoms with Crippen LogP contribution in [0, 0.1) is 5.82 Å². The Balaban J connectivity index is 1.58. The predicted octanol–water partition coefficient (Wildman–Crippen LogP) is 5.75. The van der Waals surface area contributed by atoms with Gasteiger partial charge in [-0.15, -0.1) is 0 Å². The van der Waals surface area contributed by atoms with Crippen LogP contribution in [0.25, 0.3) is 17.0 Å². The van der Waals surface area contributed by atoms with Gasteiger partial charge < -0.3 is 19.5 Å².